The van der Waals surface area contributed by atoms with Gasteiger partial charge in [-0.3, -0.25) is 0 Å². The second kappa shape index (κ2) is 32.4. The van der Waals surface area contributed by atoms with Crippen LogP contribution in [0.3, 0.4) is 0 Å². The van der Waals surface area contributed by atoms with Gasteiger partial charge in [0.25, 0.3) is 0 Å². The first kappa shape index (κ1) is 63.9. The molecule has 7 aromatic rings. The van der Waals surface area contributed by atoms with E-state index in [1.807, 2.05) is 97.1 Å². The van der Waals surface area contributed by atoms with Crippen molar-refractivity contribution in [1.82, 2.24) is 19.9 Å². The van der Waals surface area contributed by atoms with E-state index in [4.69, 9.17) is 38.9 Å². The smallest absolute Gasteiger partial charge is 0.657 e. The van der Waals surface area contributed by atoms with Crippen molar-refractivity contribution in [2.45, 2.75) is 137 Å². The summed E-state index contributed by atoms with van der Waals surface area (Å²) in [6, 6.07) is 37.4. The minimum atomic E-state index is -0.381. The van der Waals surface area contributed by atoms with E-state index in [-0.39, 0.29) is 40.7 Å². The Morgan fingerprint density at radius 1 is 0.302 bits per heavy atom. The van der Waals surface area contributed by atoms with E-state index < -0.39 is 0 Å². The summed E-state index contributed by atoms with van der Waals surface area (Å²) in [4.78, 5) is 75.0. The predicted octanol–water partition coefficient (Wildman–Crippen LogP) is 17.9. The molecule has 86 heavy (non-hydrogen) atoms. The van der Waals surface area contributed by atoms with Crippen molar-refractivity contribution in [3.63, 3.8) is 0 Å². The number of nitrogens with zero attached hydrogens (tertiary/aromatic N) is 4. The molecule has 0 saturated carbocycles. The second-order valence-corrected chi connectivity index (χ2v) is 21.8. The number of hydrogen-bond acceptors (Lipinski definition) is 10. The molecule has 12 nitrogen and oxygen atoms in total. The van der Waals surface area contributed by atoms with E-state index in [9.17, 15) is 19.2 Å². The average Bonchev–Trinajstić information content (AvgIpc) is 1.89. The monoisotopic (exact) mass is 1200 g/mol. The summed E-state index contributed by atoms with van der Waals surface area (Å²) in [6.07, 6.45) is 25.1. The molecule has 3 aromatic heterocycles. The molecule has 0 saturated heterocycles. The van der Waals surface area contributed by atoms with Gasteiger partial charge in [0.15, 0.2) is 0 Å². The summed E-state index contributed by atoms with van der Waals surface area (Å²) in [7, 11) is 0. The first-order valence-corrected chi connectivity index (χ1v) is 30.8. The molecule has 0 amide bonds. The minimum absolute atomic E-state index is 0. The number of carbonyl (C=O) groups excluding carboxylic acids is 4. The number of aromatic nitrogens is 4. The van der Waals surface area contributed by atoms with Gasteiger partial charge in [0, 0.05) is 0 Å². The van der Waals surface area contributed by atoms with Gasteiger partial charge in [0.05, 0.1) is 71.5 Å². The van der Waals surface area contributed by atoms with Crippen molar-refractivity contribution < 1.29 is 54.9 Å². The molecule has 4 aromatic carbocycles. The standard InChI is InChI=1S/C73H79N4O8.Co/c1-5-9-13-17-21-49-85-73(81)57-36-28-53(29-37-57)69-64-44-42-62(76-64)67(51-24-32-55(33-25-51)71(79)83-47-19-15-11-7-3)60-40-38-58(74-60)66(50-22-30-54(31-23-50)70(78)82-46-18-14-10-6-2)59-39-41-61(75-59)68(63-43-45-65(69)77-63)52-26-34-56(35-27-52)72(80)84-48-20-16-12-8-4;/h22-45H,5-21,46-49H2,1-4H3,(H-,74,75,76,77,78,79,80,81);/q-1;+2/p-1. The quantitative estimate of drug-likeness (QED) is 0.0248. The molecule has 0 fully saturated rings. The maximum absolute atomic E-state index is 13.4. The fourth-order valence-electron chi connectivity index (χ4n) is 10.6. The van der Waals surface area contributed by atoms with Crippen molar-refractivity contribution >= 4 is 70.2 Å². The van der Waals surface area contributed by atoms with Gasteiger partial charge in [-0.25, -0.2) is 29.1 Å². The van der Waals surface area contributed by atoms with E-state index in [0.29, 0.717) is 93.5 Å². The van der Waals surface area contributed by atoms with Gasteiger partial charge >= 0.3 is 40.7 Å². The molecule has 5 heterocycles. The van der Waals surface area contributed by atoms with Gasteiger partial charge in [0.2, 0.25) is 0 Å². The second-order valence-electron chi connectivity index (χ2n) is 21.8. The minimum Gasteiger partial charge on any atom is -0.657 e. The molecule has 8 bridgehead atoms. The zero-order valence-corrected chi connectivity index (χ0v) is 51.1. The van der Waals surface area contributed by atoms with E-state index >= 15 is 0 Å². The van der Waals surface area contributed by atoms with Gasteiger partial charge < -0.3 is 28.9 Å². The Morgan fingerprint density at radius 2 is 0.512 bits per heavy atom. The maximum Gasteiger partial charge on any atom is 2.00 e. The molecule has 0 N–H and O–H groups in total. The fraction of sp³-hybridized carbons (Fsp3) is 0.342. The fourth-order valence-corrected chi connectivity index (χ4v) is 10.6. The molecule has 0 atom stereocenters. The Hall–Kier alpha value is -8.13. The normalized spacial score (nSPS) is 11.5. The zero-order valence-electron chi connectivity index (χ0n) is 50.1. The number of unbranched alkanes of at least 4 members (excludes halogenated alkanes) is 13. The van der Waals surface area contributed by atoms with Crippen LogP contribution >= 0.6 is 0 Å². The third-order valence-electron chi connectivity index (χ3n) is 15.4. The van der Waals surface area contributed by atoms with Crippen LogP contribution in [0.1, 0.15) is 201 Å². The van der Waals surface area contributed by atoms with Crippen molar-refractivity contribution in [3.8, 4) is 44.5 Å². The molecule has 447 valence electrons. The summed E-state index contributed by atoms with van der Waals surface area (Å²) < 4.78 is 22.8. The molecule has 2 aliphatic heterocycles. The van der Waals surface area contributed by atoms with E-state index in [1.54, 1.807) is 48.5 Å². The van der Waals surface area contributed by atoms with Crippen LogP contribution in [0.25, 0.3) is 90.9 Å². The summed E-state index contributed by atoms with van der Waals surface area (Å²) >= 11 is 0. The van der Waals surface area contributed by atoms with Gasteiger partial charge in [0.1, 0.15) is 0 Å². The molecule has 0 spiro atoms. The molecular weight excluding hydrogens is 1120 g/mol. The summed E-state index contributed by atoms with van der Waals surface area (Å²) in [6.45, 7) is 10.1. The van der Waals surface area contributed by atoms with E-state index in [0.717, 1.165) is 154 Å². The summed E-state index contributed by atoms with van der Waals surface area (Å²) in [5.74, 6) is -1.52. The number of benzene rings is 4. The Bertz CT molecular complexity index is 3590. The van der Waals surface area contributed by atoms with Crippen molar-refractivity contribution in [2.24, 2.45) is 0 Å². The Labute approximate surface area is 516 Å². The van der Waals surface area contributed by atoms with Crippen molar-refractivity contribution in [2.75, 3.05) is 26.4 Å². The molecule has 1 radical (unpaired) electrons. The Morgan fingerprint density at radius 3 is 0.733 bits per heavy atom. The maximum atomic E-state index is 13.4. The van der Waals surface area contributed by atoms with Crippen LogP contribution in [0, 0.1) is 0 Å². The number of fused-ring (bicyclic) bond motifs is 8. The van der Waals surface area contributed by atoms with Crippen molar-refractivity contribution in [1.29, 1.82) is 0 Å². The van der Waals surface area contributed by atoms with Crippen LogP contribution in [-0.4, -0.2) is 60.3 Å². The van der Waals surface area contributed by atoms with Gasteiger partial charge in [-0.2, -0.15) is 0 Å². The van der Waals surface area contributed by atoms with Crippen LogP contribution in [0.15, 0.2) is 121 Å². The van der Waals surface area contributed by atoms with Crippen molar-refractivity contribution in [3.05, 3.63) is 166 Å². The SMILES string of the molecule is CCCCCCCOC(=O)c1ccc(-c2c3nc(c(-c4ccc(C(=O)OCCCCCC)cc4)c4ccc([n-]4)c(-c4ccc(C(=O)OCCCCCC)cc4)c4nc(c(-c5ccc(C(=O)OCCCCCC)cc5)c5ccc2[n-]5)C=C4)C=C3)cc1.[Co+2]. The van der Waals surface area contributed by atoms with Gasteiger partial charge in [-0.05, 0) is 143 Å². The van der Waals surface area contributed by atoms with Crippen LogP contribution in [0.5, 0.6) is 0 Å². The van der Waals surface area contributed by atoms with E-state index in [1.165, 1.54) is 0 Å². The molecule has 2 aliphatic rings. The van der Waals surface area contributed by atoms with Crippen LogP contribution in [-0.2, 0) is 35.7 Å². The summed E-state index contributed by atoms with van der Waals surface area (Å²) in [5, 5.41) is 0. The molecule has 9 rings (SSSR count). The molecule has 0 aliphatic carbocycles. The largest absolute Gasteiger partial charge is 2.00 e. The number of esters is 4. The topological polar surface area (TPSA) is 159 Å². The third kappa shape index (κ3) is 16.4. The van der Waals surface area contributed by atoms with Crippen LogP contribution in [0.2, 0.25) is 0 Å². The zero-order chi connectivity index (χ0) is 59.3. The number of hydrogen-bond donors (Lipinski definition) is 0. The van der Waals surface area contributed by atoms with Crippen LogP contribution in [0.4, 0.5) is 0 Å². The summed E-state index contributed by atoms with van der Waals surface area (Å²) in [5.41, 5.74) is 12.8. The first-order chi connectivity index (χ1) is 41.7. The Kier molecular flexibility index (Phi) is 24.1. The van der Waals surface area contributed by atoms with Gasteiger partial charge in [-0.15, -0.1) is 22.1 Å². The molecule has 0 unspecified atom stereocenters. The average molecular weight is 1200 g/mol. The number of rotatable bonds is 29. The Balaban J connectivity index is 0.00000961. The third-order valence-corrected chi connectivity index (χ3v) is 15.4. The molecular formula is C73H78CoN4O8. The first-order valence-electron chi connectivity index (χ1n) is 30.8. The molecule has 13 heteroatoms. The number of ether oxygens (including phenoxy) is 4. The van der Waals surface area contributed by atoms with E-state index in [2.05, 4.69) is 27.7 Å². The van der Waals surface area contributed by atoms with Gasteiger partial charge in [-0.1, -0.05) is 184 Å². The van der Waals surface area contributed by atoms with Crippen LogP contribution < -0.4 is 9.97 Å². The predicted molar refractivity (Wildman–Crippen MR) is 341 cm³/mol. The number of carbonyl (C=O) groups is 4.